The highest BCUT2D eigenvalue weighted by Gasteiger charge is 2.12. The Bertz CT molecular complexity index is 730. The van der Waals surface area contributed by atoms with Gasteiger partial charge in [0.05, 0.1) is 6.61 Å². The molecule has 2 heterocycles. The van der Waals surface area contributed by atoms with Crippen LogP contribution in [0.15, 0.2) is 40.9 Å². The average Bonchev–Trinajstić information content (AvgIpc) is 2.76. The van der Waals surface area contributed by atoms with Gasteiger partial charge in [-0.25, -0.2) is 9.78 Å². The van der Waals surface area contributed by atoms with E-state index in [9.17, 15) is 4.79 Å². The van der Waals surface area contributed by atoms with Crippen molar-refractivity contribution in [3.05, 3.63) is 42.2 Å². The molecule has 2 aromatic heterocycles. The monoisotopic (exact) mass is 241 g/mol. The van der Waals surface area contributed by atoms with Crippen molar-refractivity contribution in [3.8, 4) is 0 Å². The number of hydrogen-bond acceptors (Lipinski definition) is 4. The minimum Gasteiger partial charge on any atom is -0.461 e. The first kappa shape index (κ1) is 10.8. The van der Waals surface area contributed by atoms with Gasteiger partial charge in [0.15, 0.2) is 5.69 Å². The fraction of sp³-hybridized carbons (Fsp3) is 0.143. The molecule has 3 rings (SSSR count). The molecule has 0 atom stereocenters. The molecule has 0 spiro atoms. The molecule has 90 valence electrons. The molecule has 0 N–H and O–H groups in total. The Morgan fingerprint density at radius 2 is 2.11 bits per heavy atom. The summed E-state index contributed by atoms with van der Waals surface area (Å²) in [5, 5.41) is 1.90. The molecular weight excluding hydrogens is 230 g/mol. The number of esters is 1. The molecule has 0 amide bonds. The van der Waals surface area contributed by atoms with Crippen LogP contribution in [0.5, 0.6) is 0 Å². The van der Waals surface area contributed by atoms with Gasteiger partial charge in [0.1, 0.15) is 11.2 Å². The molecule has 0 saturated heterocycles. The standard InChI is InChI=1S/C14H11NO3/c1-2-17-14(16)11-7-13-10(8-15-11)9-5-3-4-6-12(9)18-13/h3-8H,2H2,1H3. The van der Waals surface area contributed by atoms with Gasteiger partial charge >= 0.3 is 5.97 Å². The number of pyridine rings is 1. The third-order valence-corrected chi connectivity index (χ3v) is 2.75. The van der Waals surface area contributed by atoms with E-state index in [0.717, 1.165) is 16.4 Å². The van der Waals surface area contributed by atoms with Crippen LogP contribution in [0.3, 0.4) is 0 Å². The molecule has 0 unspecified atom stereocenters. The molecule has 4 heteroatoms. The topological polar surface area (TPSA) is 52.3 Å². The van der Waals surface area contributed by atoms with Gasteiger partial charge < -0.3 is 9.15 Å². The van der Waals surface area contributed by atoms with E-state index in [4.69, 9.17) is 9.15 Å². The number of rotatable bonds is 2. The second-order valence-electron chi connectivity index (χ2n) is 3.88. The number of para-hydroxylation sites is 1. The molecule has 0 fully saturated rings. The first-order valence-corrected chi connectivity index (χ1v) is 5.74. The summed E-state index contributed by atoms with van der Waals surface area (Å²) in [7, 11) is 0. The van der Waals surface area contributed by atoms with Crippen molar-refractivity contribution in [1.82, 2.24) is 4.98 Å². The SMILES string of the molecule is CCOC(=O)c1cc2oc3ccccc3c2cn1. The van der Waals surface area contributed by atoms with Crippen molar-refractivity contribution < 1.29 is 13.9 Å². The van der Waals surface area contributed by atoms with Crippen LogP contribution in [0, 0.1) is 0 Å². The number of ether oxygens (including phenoxy) is 1. The lowest BCUT2D eigenvalue weighted by atomic mass is 10.2. The number of benzene rings is 1. The largest absolute Gasteiger partial charge is 0.461 e. The molecule has 0 aliphatic rings. The van der Waals surface area contributed by atoms with Crippen molar-refractivity contribution >= 4 is 27.9 Å². The Morgan fingerprint density at radius 1 is 1.28 bits per heavy atom. The number of carbonyl (C=O) groups excluding carboxylic acids is 1. The summed E-state index contributed by atoms with van der Waals surface area (Å²) < 4.78 is 10.6. The Morgan fingerprint density at radius 3 is 2.94 bits per heavy atom. The fourth-order valence-corrected chi connectivity index (χ4v) is 1.94. The molecule has 0 aliphatic heterocycles. The lowest BCUT2D eigenvalue weighted by Crippen LogP contribution is -2.06. The normalized spacial score (nSPS) is 10.9. The maximum Gasteiger partial charge on any atom is 0.357 e. The van der Waals surface area contributed by atoms with Crippen LogP contribution in [0.25, 0.3) is 21.9 Å². The van der Waals surface area contributed by atoms with Crippen LogP contribution in [-0.4, -0.2) is 17.6 Å². The van der Waals surface area contributed by atoms with Gasteiger partial charge in [-0.1, -0.05) is 18.2 Å². The van der Waals surface area contributed by atoms with Crippen molar-refractivity contribution in [2.24, 2.45) is 0 Å². The van der Waals surface area contributed by atoms with E-state index in [1.54, 1.807) is 19.2 Å². The van der Waals surface area contributed by atoms with Crippen LogP contribution >= 0.6 is 0 Å². The number of carbonyl (C=O) groups is 1. The number of fused-ring (bicyclic) bond motifs is 3. The van der Waals surface area contributed by atoms with Crippen molar-refractivity contribution in [2.45, 2.75) is 6.92 Å². The maximum atomic E-state index is 11.6. The zero-order valence-electron chi connectivity index (χ0n) is 9.84. The van der Waals surface area contributed by atoms with Gasteiger partial charge in [-0.3, -0.25) is 0 Å². The van der Waals surface area contributed by atoms with E-state index in [0.29, 0.717) is 12.2 Å². The van der Waals surface area contributed by atoms with Crippen molar-refractivity contribution in [1.29, 1.82) is 0 Å². The summed E-state index contributed by atoms with van der Waals surface area (Å²) in [6.45, 7) is 2.09. The van der Waals surface area contributed by atoms with Crippen LogP contribution in [0.1, 0.15) is 17.4 Å². The van der Waals surface area contributed by atoms with E-state index < -0.39 is 5.97 Å². The van der Waals surface area contributed by atoms with E-state index in [1.807, 2.05) is 24.3 Å². The predicted octanol–water partition coefficient (Wildman–Crippen LogP) is 3.16. The van der Waals surface area contributed by atoms with Crippen LogP contribution in [0.2, 0.25) is 0 Å². The third kappa shape index (κ3) is 1.62. The van der Waals surface area contributed by atoms with Gasteiger partial charge in [-0.2, -0.15) is 0 Å². The fourth-order valence-electron chi connectivity index (χ4n) is 1.94. The maximum absolute atomic E-state index is 11.6. The molecule has 0 aliphatic carbocycles. The highest BCUT2D eigenvalue weighted by molar-refractivity contribution is 6.05. The minimum absolute atomic E-state index is 0.267. The zero-order chi connectivity index (χ0) is 12.5. The van der Waals surface area contributed by atoms with Gasteiger partial charge in [0.2, 0.25) is 0 Å². The first-order valence-electron chi connectivity index (χ1n) is 5.74. The Labute approximate surface area is 103 Å². The smallest absolute Gasteiger partial charge is 0.357 e. The summed E-state index contributed by atoms with van der Waals surface area (Å²) in [4.78, 5) is 15.7. The van der Waals surface area contributed by atoms with E-state index >= 15 is 0 Å². The number of nitrogens with zero attached hydrogens (tertiary/aromatic N) is 1. The van der Waals surface area contributed by atoms with Gasteiger partial charge in [0.25, 0.3) is 0 Å². The highest BCUT2D eigenvalue weighted by Crippen LogP contribution is 2.28. The molecule has 4 nitrogen and oxygen atoms in total. The van der Waals surface area contributed by atoms with E-state index in [2.05, 4.69) is 4.98 Å². The molecule has 0 saturated carbocycles. The highest BCUT2D eigenvalue weighted by atomic mass is 16.5. The summed E-state index contributed by atoms with van der Waals surface area (Å²) >= 11 is 0. The van der Waals surface area contributed by atoms with Crippen molar-refractivity contribution in [2.75, 3.05) is 6.61 Å². The number of furan rings is 1. The van der Waals surface area contributed by atoms with E-state index in [-0.39, 0.29) is 5.69 Å². The van der Waals surface area contributed by atoms with Crippen LogP contribution in [0.4, 0.5) is 0 Å². The van der Waals surface area contributed by atoms with Gasteiger partial charge in [0, 0.05) is 23.0 Å². The molecule has 0 bridgehead atoms. The summed E-state index contributed by atoms with van der Waals surface area (Å²) in [5.74, 6) is -0.431. The van der Waals surface area contributed by atoms with Gasteiger partial charge in [-0.05, 0) is 13.0 Å². The Balaban J connectivity index is 2.18. The van der Waals surface area contributed by atoms with E-state index in [1.165, 1.54) is 0 Å². The minimum atomic E-state index is -0.431. The quantitative estimate of drug-likeness (QED) is 0.647. The Hall–Kier alpha value is -2.36. The molecule has 18 heavy (non-hydrogen) atoms. The second kappa shape index (κ2) is 4.14. The summed E-state index contributed by atoms with van der Waals surface area (Å²) in [6, 6.07) is 9.32. The first-order chi connectivity index (χ1) is 8.79. The lowest BCUT2D eigenvalue weighted by molar-refractivity contribution is 0.0519. The molecule has 0 radical (unpaired) electrons. The summed E-state index contributed by atoms with van der Waals surface area (Å²) in [5.41, 5.74) is 1.70. The van der Waals surface area contributed by atoms with Crippen LogP contribution < -0.4 is 0 Å². The third-order valence-electron chi connectivity index (χ3n) is 2.75. The number of hydrogen-bond donors (Lipinski definition) is 0. The van der Waals surface area contributed by atoms with Crippen LogP contribution in [-0.2, 0) is 4.74 Å². The second-order valence-corrected chi connectivity index (χ2v) is 3.88. The predicted molar refractivity (Wildman–Crippen MR) is 67.5 cm³/mol. The average molecular weight is 241 g/mol. The summed E-state index contributed by atoms with van der Waals surface area (Å²) in [6.07, 6.45) is 1.65. The molecular formula is C14H11NO3. The molecule has 1 aromatic carbocycles. The zero-order valence-corrected chi connectivity index (χ0v) is 9.84. The Kier molecular flexibility index (Phi) is 2.48. The van der Waals surface area contributed by atoms with Gasteiger partial charge in [-0.15, -0.1) is 0 Å². The number of aromatic nitrogens is 1. The lowest BCUT2D eigenvalue weighted by Gasteiger charge is -1.99. The van der Waals surface area contributed by atoms with Crippen molar-refractivity contribution in [3.63, 3.8) is 0 Å². The molecule has 3 aromatic rings.